The summed E-state index contributed by atoms with van der Waals surface area (Å²) >= 11 is 1.19. The van der Waals surface area contributed by atoms with Gasteiger partial charge in [0.25, 0.3) is 5.91 Å². The number of halogens is 1. The molecule has 0 spiro atoms. The van der Waals surface area contributed by atoms with Crippen LogP contribution in [0.2, 0.25) is 0 Å². The minimum Gasteiger partial charge on any atom is -0.412 e. The molecule has 0 saturated carbocycles. The average molecular weight is 448 g/mol. The molecule has 1 amide bonds. The second-order valence-corrected chi connectivity index (χ2v) is 8.89. The maximum Gasteiger partial charge on any atom is 0.258 e. The molecule has 166 valence electrons. The molecule has 2 aromatic heterocycles. The van der Waals surface area contributed by atoms with Gasteiger partial charge in [-0.15, -0.1) is 11.3 Å². The predicted molar refractivity (Wildman–Crippen MR) is 117 cm³/mol. The van der Waals surface area contributed by atoms with Crippen molar-refractivity contribution in [3.05, 3.63) is 51.1 Å². The van der Waals surface area contributed by atoms with Crippen LogP contribution in [0.25, 0.3) is 11.0 Å². The fraction of sp³-hybridized carbons (Fsp3) is 0.409. The van der Waals surface area contributed by atoms with Gasteiger partial charge in [0.1, 0.15) is 5.82 Å². The Morgan fingerprint density at radius 2 is 2.03 bits per heavy atom. The van der Waals surface area contributed by atoms with Crippen LogP contribution < -0.4 is 5.73 Å². The number of piperidine rings is 1. The van der Waals surface area contributed by atoms with Crippen LogP contribution in [-0.2, 0) is 0 Å². The molecule has 1 aliphatic heterocycles. The van der Waals surface area contributed by atoms with E-state index < -0.39 is 5.91 Å². The van der Waals surface area contributed by atoms with Gasteiger partial charge in [0.15, 0.2) is 11.4 Å². The number of aromatic nitrogens is 1. The average Bonchev–Trinajstić information content (AvgIpc) is 3.32. The Morgan fingerprint density at radius 3 is 2.71 bits per heavy atom. The van der Waals surface area contributed by atoms with E-state index >= 15 is 0 Å². The van der Waals surface area contributed by atoms with Crippen LogP contribution >= 0.6 is 11.3 Å². The zero-order valence-electron chi connectivity index (χ0n) is 17.3. The van der Waals surface area contributed by atoms with Crippen molar-refractivity contribution in [2.45, 2.75) is 38.5 Å². The Kier molecular flexibility index (Phi) is 7.19. The van der Waals surface area contributed by atoms with Gasteiger partial charge in [0.2, 0.25) is 0 Å². The maximum absolute atomic E-state index is 13.3. The van der Waals surface area contributed by atoms with E-state index in [1.54, 1.807) is 12.1 Å². The van der Waals surface area contributed by atoms with Gasteiger partial charge < -0.3 is 20.6 Å². The molecule has 3 heterocycles. The summed E-state index contributed by atoms with van der Waals surface area (Å²) in [7, 11) is 0. The minimum atomic E-state index is -0.491. The summed E-state index contributed by atoms with van der Waals surface area (Å²) < 4.78 is 18.6. The first-order valence-corrected chi connectivity index (χ1v) is 10.9. The Morgan fingerprint density at radius 1 is 1.29 bits per heavy atom. The molecule has 1 aliphatic rings. The zero-order chi connectivity index (χ0) is 21.3. The Labute approximate surface area is 183 Å². The first kappa shape index (κ1) is 23.1. The predicted octanol–water partition coefficient (Wildman–Crippen LogP) is 3.45. The highest BCUT2D eigenvalue weighted by molar-refractivity contribution is 7.16. The van der Waals surface area contributed by atoms with E-state index in [0.717, 1.165) is 55.5 Å². The molecule has 4 N–H and O–H groups in total. The molecular weight excluding hydrogens is 421 g/mol. The molecule has 9 heteroatoms. The summed E-state index contributed by atoms with van der Waals surface area (Å²) in [6.45, 7) is 4.55. The topological polar surface area (TPSA) is 121 Å². The molecule has 0 unspecified atom stereocenters. The van der Waals surface area contributed by atoms with Crippen molar-refractivity contribution >= 4 is 34.0 Å². The summed E-state index contributed by atoms with van der Waals surface area (Å²) in [4.78, 5) is 27.2. The van der Waals surface area contributed by atoms with Crippen LogP contribution in [0.4, 0.5) is 4.39 Å². The lowest BCUT2D eigenvalue weighted by Crippen LogP contribution is -2.34. The van der Waals surface area contributed by atoms with Crippen LogP contribution in [0, 0.1) is 12.7 Å². The number of carbonyl (C=O) groups is 2. The summed E-state index contributed by atoms with van der Waals surface area (Å²) in [5.41, 5.74) is 7.53. The summed E-state index contributed by atoms with van der Waals surface area (Å²) in [5, 5.41) is 5.08. The van der Waals surface area contributed by atoms with E-state index in [2.05, 4.69) is 10.1 Å². The number of primary amides is 1. The number of benzene rings is 1. The van der Waals surface area contributed by atoms with Crippen molar-refractivity contribution in [1.82, 2.24) is 10.1 Å². The number of ketones is 1. The van der Waals surface area contributed by atoms with Crippen LogP contribution in [0.1, 0.15) is 62.2 Å². The standard InChI is InChI=1S/C22H24FN3O3S.H2O/c1-13-11-19(22(24)28)30-21(13)17(27)3-2-8-26-9-6-14(7-10-26)20-16-5-4-15(23)12-18(16)29-25-20;/h4-5,11-12,14H,2-3,6-10H2,1H3,(H2,24,28);1H2. The molecule has 0 bridgehead atoms. The fourth-order valence-corrected chi connectivity index (χ4v) is 5.10. The second-order valence-electron chi connectivity index (χ2n) is 7.84. The normalized spacial score (nSPS) is 15.2. The third kappa shape index (κ3) is 5.00. The van der Waals surface area contributed by atoms with Crippen LogP contribution in [-0.4, -0.2) is 46.9 Å². The van der Waals surface area contributed by atoms with Gasteiger partial charge in [-0.2, -0.15) is 0 Å². The van der Waals surface area contributed by atoms with Gasteiger partial charge >= 0.3 is 0 Å². The smallest absolute Gasteiger partial charge is 0.258 e. The van der Waals surface area contributed by atoms with Crippen molar-refractivity contribution in [3.8, 4) is 0 Å². The van der Waals surface area contributed by atoms with Gasteiger partial charge in [0, 0.05) is 23.8 Å². The number of fused-ring (bicyclic) bond motifs is 1. The minimum absolute atomic E-state index is 0. The quantitative estimate of drug-likeness (QED) is 0.556. The van der Waals surface area contributed by atoms with Crippen molar-refractivity contribution in [1.29, 1.82) is 0 Å². The Hall–Kier alpha value is -2.62. The van der Waals surface area contributed by atoms with Crippen LogP contribution in [0.15, 0.2) is 28.8 Å². The van der Waals surface area contributed by atoms with Crippen molar-refractivity contribution in [2.24, 2.45) is 5.73 Å². The van der Waals surface area contributed by atoms with E-state index in [0.29, 0.717) is 27.7 Å². The number of nitrogens with two attached hydrogens (primary N) is 1. The highest BCUT2D eigenvalue weighted by atomic mass is 32.1. The Balaban J connectivity index is 0.00000272. The monoisotopic (exact) mass is 447 g/mol. The molecule has 4 rings (SSSR count). The van der Waals surface area contributed by atoms with Gasteiger partial charge in [-0.05, 0) is 69.6 Å². The third-order valence-electron chi connectivity index (χ3n) is 5.73. The first-order valence-electron chi connectivity index (χ1n) is 10.1. The van der Waals surface area contributed by atoms with E-state index in [-0.39, 0.29) is 17.1 Å². The third-order valence-corrected chi connectivity index (χ3v) is 7.02. The SMILES string of the molecule is Cc1cc(C(N)=O)sc1C(=O)CCCN1CCC(c2noc3cc(F)ccc23)CC1.O. The Bertz CT molecular complexity index is 1090. The van der Waals surface area contributed by atoms with Crippen molar-refractivity contribution in [2.75, 3.05) is 19.6 Å². The summed E-state index contributed by atoms with van der Waals surface area (Å²) in [5.74, 6) is -0.440. The lowest BCUT2D eigenvalue weighted by molar-refractivity contribution is 0.0974. The highest BCUT2D eigenvalue weighted by Gasteiger charge is 2.25. The fourth-order valence-electron chi connectivity index (χ4n) is 4.11. The summed E-state index contributed by atoms with van der Waals surface area (Å²) in [6, 6.07) is 6.24. The highest BCUT2D eigenvalue weighted by Crippen LogP contribution is 2.33. The lowest BCUT2D eigenvalue weighted by atomic mass is 9.91. The van der Waals surface area contributed by atoms with Crippen molar-refractivity contribution < 1.29 is 24.0 Å². The van der Waals surface area contributed by atoms with Gasteiger partial charge in [-0.3, -0.25) is 9.59 Å². The number of Topliss-reactive ketones (excluding diaryl/α,β-unsaturated/α-hetero) is 1. The van der Waals surface area contributed by atoms with E-state index in [9.17, 15) is 14.0 Å². The largest absolute Gasteiger partial charge is 0.412 e. The number of carbonyl (C=O) groups excluding carboxylic acids is 2. The molecule has 3 aromatic rings. The molecule has 1 aromatic carbocycles. The molecule has 0 radical (unpaired) electrons. The van der Waals surface area contributed by atoms with Crippen LogP contribution in [0.5, 0.6) is 0 Å². The first-order chi connectivity index (χ1) is 14.4. The number of nitrogens with zero attached hydrogens (tertiary/aromatic N) is 2. The zero-order valence-corrected chi connectivity index (χ0v) is 18.1. The van der Waals surface area contributed by atoms with Crippen LogP contribution in [0.3, 0.4) is 0 Å². The molecule has 0 atom stereocenters. The second kappa shape index (κ2) is 9.67. The number of rotatable bonds is 7. The number of hydrogen-bond acceptors (Lipinski definition) is 6. The van der Waals surface area contributed by atoms with E-state index in [1.165, 1.54) is 23.5 Å². The molecule has 1 saturated heterocycles. The number of aryl methyl sites for hydroxylation is 1. The van der Waals surface area contributed by atoms with Gasteiger partial charge in [-0.25, -0.2) is 4.39 Å². The van der Waals surface area contributed by atoms with E-state index in [4.69, 9.17) is 10.3 Å². The van der Waals surface area contributed by atoms with Gasteiger partial charge in [0.05, 0.1) is 15.4 Å². The van der Waals surface area contributed by atoms with Crippen molar-refractivity contribution in [3.63, 3.8) is 0 Å². The number of amides is 1. The molecule has 7 nitrogen and oxygen atoms in total. The lowest BCUT2D eigenvalue weighted by Gasteiger charge is -2.31. The summed E-state index contributed by atoms with van der Waals surface area (Å²) in [6.07, 6.45) is 3.15. The molecule has 0 aliphatic carbocycles. The molecule has 1 fully saturated rings. The maximum atomic E-state index is 13.3. The molecular formula is C22H26FN3O4S. The van der Waals surface area contributed by atoms with Gasteiger partial charge in [-0.1, -0.05) is 5.16 Å². The molecule has 31 heavy (non-hydrogen) atoms. The number of thiophene rings is 1. The number of hydrogen-bond donors (Lipinski definition) is 1. The van der Waals surface area contributed by atoms with E-state index in [1.807, 2.05) is 6.92 Å². The number of likely N-dealkylation sites (tertiary alicyclic amines) is 1.